The van der Waals surface area contributed by atoms with Gasteiger partial charge in [-0.1, -0.05) is 25.7 Å². The Bertz CT molecular complexity index is 1540. The summed E-state index contributed by atoms with van der Waals surface area (Å²) < 4.78 is 15.7. The van der Waals surface area contributed by atoms with E-state index in [-0.39, 0.29) is 25.1 Å². The van der Waals surface area contributed by atoms with Gasteiger partial charge in [-0.25, -0.2) is 18.9 Å². The Labute approximate surface area is 243 Å². The molecule has 0 unspecified atom stereocenters. The van der Waals surface area contributed by atoms with Gasteiger partial charge in [0.25, 0.3) is 5.91 Å². The number of benzene rings is 1. The van der Waals surface area contributed by atoms with Crippen LogP contribution >= 0.6 is 0 Å². The summed E-state index contributed by atoms with van der Waals surface area (Å²) in [6.45, 7) is -0.775. The van der Waals surface area contributed by atoms with E-state index in [1.807, 2.05) is 12.1 Å². The summed E-state index contributed by atoms with van der Waals surface area (Å²) in [6.07, 6.45) is 10.4. The zero-order chi connectivity index (χ0) is 29.1. The van der Waals surface area contributed by atoms with Gasteiger partial charge in [-0.15, -0.1) is 0 Å². The van der Waals surface area contributed by atoms with E-state index in [1.54, 1.807) is 28.9 Å². The van der Waals surface area contributed by atoms with E-state index in [1.165, 1.54) is 25.0 Å². The quantitative estimate of drug-likeness (QED) is 0.188. The fourth-order valence-corrected chi connectivity index (χ4v) is 5.99. The molecule has 4 aromatic rings. The number of aliphatic hydroxyl groups is 2. The molecule has 2 fully saturated rings. The van der Waals surface area contributed by atoms with Gasteiger partial charge in [0.1, 0.15) is 17.3 Å². The van der Waals surface area contributed by atoms with Crippen molar-refractivity contribution in [2.45, 2.75) is 69.5 Å². The zero-order valence-electron chi connectivity index (χ0n) is 23.4. The minimum absolute atomic E-state index is 0.164. The number of nitrogens with one attached hydrogen (secondary N) is 3. The number of fused-ring (bicyclic) bond motifs is 1. The van der Waals surface area contributed by atoms with Crippen molar-refractivity contribution in [2.75, 3.05) is 23.8 Å². The molecule has 42 heavy (non-hydrogen) atoms. The van der Waals surface area contributed by atoms with Crippen LogP contribution in [0.5, 0.6) is 0 Å². The minimum atomic E-state index is -0.790. The SMILES string of the molecule is O=C(NC(CO)CO)c1ccc2c(-c3ccnc(NC4CCCC4)n3)c(-c3ccc(F)cc3)nn2c1NC1CCCC1. The molecule has 0 atom stereocenters. The Morgan fingerprint density at radius 3 is 2.26 bits per heavy atom. The van der Waals surface area contributed by atoms with Gasteiger partial charge in [-0.3, -0.25) is 4.79 Å². The molecule has 2 aliphatic carbocycles. The van der Waals surface area contributed by atoms with Gasteiger partial charge in [-0.2, -0.15) is 5.10 Å². The number of hydrogen-bond acceptors (Lipinski definition) is 8. The van der Waals surface area contributed by atoms with Gasteiger partial charge >= 0.3 is 0 Å². The molecule has 5 N–H and O–H groups in total. The summed E-state index contributed by atoms with van der Waals surface area (Å²) in [6, 6.07) is 11.3. The Morgan fingerprint density at radius 1 is 0.929 bits per heavy atom. The van der Waals surface area contributed by atoms with Crippen molar-refractivity contribution in [3.8, 4) is 22.5 Å². The van der Waals surface area contributed by atoms with E-state index in [9.17, 15) is 19.4 Å². The third-order valence-electron chi connectivity index (χ3n) is 8.23. The third-order valence-corrected chi connectivity index (χ3v) is 8.23. The summed E-state index contributed by atoms with van der Waals surface area (Å²) in [5, 5.41) is 33.9. The number of hydrogen-bond donors (Lipinski definition) is 5. The Hall–Kier alpha value is -4.09. The van der Waals surface area contributed by atoms with E-state index in [2.05, 4.69) is 20.9 Å². The van der Waals surface area contributed by atoms with Crippen molar-refractivity contribution in [3.05, 3.63) is 60.0 Å². The molecular formula is C31H36FN7O3. The Morgan fingerprint density at radius 2 is 1.60 bits per heavy atom. The van der Waals surface area contributed by atoms with Crippen molar-refractivity contribution in [2.24, 2.45) is 0 Å². The van der Waals surface area contributed by atoms with Crippen molar-refractivity contribution < 1.29 is 19.4 Å². The zero-order valence-corrected chi connectivity index (χ0v) is 23.4. The number of carbonyl (C=O) groups is 1. The largest absolute Gasteiger partial charge is 0.394 e. The van der Waals surface area contributed by atoms with Crippen LogP contribution in [0.1, 0.15) is 61.7 Å². The first-order chi connectivity index (χ1) is 20.5. The van der Waals surface area contributed by atoms with Crippen LogP contribution in [0.2, 0.25) is 0 Å². The second kappa shape index (κ2) is 12.4. The normalized spacial score (nSPS) is 16.0. The lowest BCUT2D eigenvalue weighted by Gasteiger charge is -2.20. The number of carbonyl (C=O) groups excluding carboxylic acids is 1. The predicted molar refractivity (Wildman–Crippen MR) is 159 cm³/mol. The summed E-state index contributed by atoms with van der Waals surface area (Å²) in [7, 11) is 0. The van der Waals surface area contributed by atoms with Crippen LogP contribution in [0.25, 0.3) is 28.0 Å². The van der Waals surface area contributed by atoms with Crippen molar-refractivity contribution in [3.63, 3.8) is 0 Å². The highest BCUT2D eigenvalue weighted by Crippen LogP contribution is 2.37. The van der Waals surface area contributed by atoms with Gasteiger partial charge < -0.3 is 26.2 Å². The molecule has 3 heterocycles. The number of anilines is 2. The third kappa shape index (κ3) is 5.79. The first-order valence-electron chi connectivity index (χ1n) is 14.7. The molecule has 220 valence electrons. The predicted octanol–water partition coefficient (Wildman–Crippen LogP) is 4.39. The molecule has 1 aromatic carbocycles. The highest BCUT2D eigenvalue weighted by atomic mass is 19.1. The number of aromatic nitrogens is 4. The molecule has 3 aromatic heterocycles. The fourth-order valence-electron chi connectivity index (χ4n) is 5.99. The highest BCUT2D eigenvalue weighted by molar-refractivity contribution is 6.01. The molecule has 11 heteroatoms. The van der Waals surface area contributed by atoms with Crippen LogP contribution in [0.3, 0.4) is 0 Å². The van der Waals surface area contributed by atoms with E-state index >= 15 is 0 Å². The molecule has 0 spiro atoms. The van der Waals surface area contributed by atoms with Crippen molar-refractivity contribution >= 4 is 23.2 Å². The van der Waals surface area contributed by atoms with Crippen LogP contribution < -0.4 is 16.0 Å². The molecule has 10 nitrogen and oxygen atoms in total. The van der Waals surface area contributed by atoms with Crippen LogP contribution in [-0.4, -0.2) is 67.0 Å². The number of rotatable bonds is 10. The molecule has 0 saturated heterocycles. The van der Waals surface area contributed by atoms with Gasteiger partial charge in [-0.05, 0) is 68.1 Å². The van der Waals surface area contributed by atoms with Gasteiger partial charge in [0.05, 0.1) is 41.6 Å². The minimum Gasteiger partial charge on any atom is -0.394 e. The standard InChI is InChI=1S/C31H36FN7O3/c32-20-11-9-19(10-12-20)28-27(25-15-16-33-31(37-25)36-22-7-3-4-8-22)26-14-13-24(30(42)35-23(17-40)18-41)29(39(26)38-28)34-21-5-1-2-6-21/h9-16,21-23,34,40-41H,1-8,17-18H2,(H,35,42)(H,33,36,37). The summed E-state index contributed by atoms with van der Waals surface area (Å²) in [4.78, 5) is 22.8. The first-order valence-corrected chi connectivity index (χ1v) is 14.7. The topological polar surface area (TPSA) is 137 Å². The van der Waals surface area contributed by atoms with E-state index < -0.39 is 11.9 Å². The molecule has 2 aliphatic rings. The highest BCUT2D eigenvalue weighted by Gasteiger charge is 2.26. The number of aliphatic hydroxyl groups excluding tert-OH is 2. The van der Waals surface area contributed by atoms with Crippen LogP contribution in [-0.2, 0) is 0 Å². The number of halogens is 1. The van der Waals surface area contributed by atoms with E-state index in [0.29, 0.717) is 40.3 Å². The van der Waals surface area contributed by atoms with Gasteiger partial charge in [0.2, 0.25) is 5.95 Å². The van der Waals surface area contributed by atoms with Gasteiger partial charge in [0, 0.05) is 23.8 Å². The number of pyridine rings is 1. The van der Waals surface area contributed by atoms with E-state index in [0.717, 1.165) is 49.6 Å². The maximum absolute atomic E-state index is 13.9. The lowest BCUT2D eigenvalue weighted by Crippen LogP contribution is -2.40. The summed E-state index contributed by atoms with van der Waals surface area (Å²) in [5.41, 5.74) is 3.76. The first kappa shape index (κ1) is 28.0. The summed E-state index contributed by atoms with van der Waals surface area (Å²) in [5.74, 6) is 0.276. The van der Waals surface area contributed by atoms with Crippen LogP contribution in [0.4, 0.5) is 16.2 Å². The second-order valence-corrected chi connectivity index (χ2v) is 11.2. The molecule has 0 aliphatic heterocycles. The summed E-state index contributed by atoms with van der Waals surface area (Å²) >= 11 is 0. The van der Waals surface area contributed by atoms with Crippen LogP contribution in [0, 0.1) is 5.82 Å². The molecule has 0 bridgehead atoms. The molecular weight excluding hydrogens is 537 g/mol. The molecule has 0 radical (unpaired) electrons. The molecule has 6 rings (SSSR count). The van der Waals surface area contributed by atoms with E-state index in [4.69, 9.17) is 10.1 Å². The number of nitrogens with zero attached hydrogens (tertiary/aromatic N) is 4. The number of amides is 1. The average molecular weight is 574 g/mol. The molecule has 1 amide bonds. The lowest BCUT2D eigenvalue weighted by atomic mass is 10.0. The maximum atomic E-state index is 13.9. The maximum Gasteiger partial charge on any atom is 0.255 e. The smallest absolute Gasteiger partial charge is 0.255 e. The Kier molecular flexibility index (Phi) is 8.29. The second-order valence-electron chi connectivity index (χ2n) is 11.2. The van der Waals surface area contributed by atoms with Gasteiger partial charge in [0.15, 0.2) is 0 Å². The molecule has 2 saturated carbocycles. The monoisotopic (exact) mass is 573 g/mol. The fraction of sp³-hybridized carbons (Fsp3) is 0.419. The average Bonchev–Trinajstić information content (AvgIpc) is 3.78. The van der Waals surface area contributed by atoms with Crippen molar-refractivity contribution in [1.82, 2.24) is 24.9 Å². The van der Waals surface area contributed by atoms with Crippen molar-refractivity contribution in [1.29, 1.82) is 0 Å². The van der Waals surface area contributed by atoms with Crippen LogP contribution in [0.15, 0.2) is 48.7 Å². The lowest BCUT2D eigenvalue weighted by molar-refractivity contribution is 0.0879. The Balaban J connectivity index is 1.51.